The SMILES string of the molecule is CC1(NCC2CNCCO2)CCCOC1. The topological polar surface area (TPSA) is 42.5 Å². The van der Waals surface area contributed by atoms with E-state index in [2.05, 4.69) is 17.6 Å². The second-order valence-electron chi connectivity index (χ2n) is 4.79. The Bertz CT molecular complexity index is 187. The van der Waals surface area contributed by atoms with Crippen molar-refractivity contribution in [1.29, 1.82) is 0 Å². The molecule has 0 aliphatic carbocycles. The van der Waals surface area contributed by atoms with Gasteiger partial charge in [-0.05, 0) is 19.8 Å². The van der Waals surface area contributed by atoms with Gasteiger partial charge in [-0.25, -0.2) is 0 Å². The number of morpholine rings is 1. The van der Waals surface area contributed by atoms with Crippen LogP contribution in [0.4, 0.5) is 0 Å². The zero-order valence-electron chi connectivity index (χ0n) is 9.55. The van der Waals surface area contributed by atoms with E-state index in [4.69, 9.17) is 9.47 Å². The molecular weight excluding hydrogens is 192 g/mol. The van der Waals surface area contributed by atoms with Crippen LogP contribution in [0.5, 0.6) is 0 Å². The molecule has 88 valence electrons. The van der Waals surface area contributed by atoms with E-state index in [9.17, 15) is 0 Å². The summed E-state index contributed by atoms with van der Waals surface area (Å²) in [7, 11) is 0. The monoisotopic (exact) mass is 214 g/mol. The van der Waals surface area contributed by atoms with Crippen LogP contribution in [0.25, 0.3) is 0 Å². The van der Waals surface area contributed by atoms with E-state index in [-0.39, 0.29) is 5.54 Å². The number of hydrogen-bond acceptors (Lipinski definition) is 4. The Morgan fingerprint density at radius 3 is 3.07 bits per heavy atom. The van der Waals surface area contributed by atoms with Crippen molar-refractivity contribution < 1.29 is 9.47 Å². The van der Waals surface area contributed by atoms with Gasteiger partial charge in [-0.3, -0.25) is 0 Å². The van der Waals surface area contributed by atoms with Crippen molar-refractivity contribution in [3.05, 3.63) is 0 Å². The third-order valence-electron chi connectivity index (χ3n) is 3.20. The Balaban J connectivity index is 1.70. The first-order valence-corrected chi connectivity index (χ1v) is 5.94. The highest BCUT2D eigenvalue weighted by atomic mass is 16.5. The molecule has 0 radical (unpaired) electrons. The second-order valence-corrected chi connectivity index (χ2v) is 4.79. The average Bonchev–Trinajstić information content (AvgIpc) is 2.29. The quantitative estimate of drug-likeness (QED) is 0.701. The van der Waals surface area contributed by atoms with Crippen molar-refractivity contribution >= 4 is 0 Å². The van der Waals surface area contributed by atoms with Gasteiger partial charge in [0, 0.05) is 31.8 Å². The summed E-state index contributed by atoms with van der Waals surface area (Å²) in [4.78, 5) is 0. The predicted octanol–water partition coefficient (Wildman–Crippen LogP) is 0.134. The molecule has 0 saturated carbocycles. The highest BCUT2D eigenvalue weighted by Crippen LogP contribution is 2.18. The fraction of sp³-hybridized carbons (Fsp3) is 1.00. The molecule has 2 heterocycles. The molecule has 0 aromatic carbocycles. The van der Waals surface area contributed by atoms with Gasteiger partial charge in [0.05, 0.1) is 19.3 Å². The van der Waals surface area contributed by atoms with E-state index in [1.807, 2.05) is 0 Å². The van der Waals surface area contributed by atoms with Crippen LogP contribution in [0.2, 0.25) is 0 Å². The van der Waals surface area contributed by atoms with E-state index in [1.54, 1.807) is 0 Å². The molecule has 0 bridgehead atoms. The zero-order chi connectivity index (χ0) is 10.6. The Hall–Kier alpha value is -0.160. The molecule has 15 heavy (non-hydrogen) atoms. The van der Waals surface area contributed by atoms with E-state index < -0.39 is 0 Å². The molecule has 2 unspecified atom stereocenters. The van der Waals surface area contributed by atoms with Crippen LogP contribution in [0.3, 0.4) is 0 Å². The second kappa shape index (κ2) is 5.25. The number of nitrogens with one attached hydrogen (secondary N) is 2. The molecule has 2 rings (SSSR count). The molecule has 0 spiro atoms. The van der Waals surface area contributed by atoms with Crippen LogP contribution < -0.4 is 10.6 Å². The summed E-state index contributed by atoms with van der Waals surface area (Å²) in [6.45, 7) is 7.68. The molecule has 2 aliphatic heterocycles. The maximum atomic E-state index is 5.65. The molecule has 0 amide bonds. The first kappa shape index (κ1) is 11.3. The Labute approximate surface area is 91.7 Å². The minimum atomic E-state index is 0.152. The highest BCUT2D eigenvalue weighted by molar-refractivity contribution is 4.87. The maximum absolute atomic E-state index is 5.65. The lowest BCUT2D eigenvalue weighted by Gasteiger charge is -2.36. The van der Waals surface area contributed by atoms with Gasteiger partial charge in [0.25, 0.3) is 0 Å². The third-order valence-corrected chi connectivity index (χ3v) is 3.20. The third kappa shape index (κ3) is 3.41. The van der Waals surface area contributed by atoms with E-state index in [0.29, 0.717) is 6.10 Å². The lowest BCUT2D eigenvalue weighted by atomic mass is 9.95. The normalized spacial score (nSPS) is 37.8. The lowest BCUT2D eigenvalue weighted by Crippen LogP contribution is -2.54. The van der Waals surface area contributed by atoms with Gasteiger partial charge in [0.1, 0.15) is 0 Å². The van der Waals surface area contributed by atoms with E-state index >= 15 is 0 Å². The molecule has 4 heteroatoms. The van der Waals surface area contributed by atoms with Gasteiger partial charge >= 0.3 is 0 Å². The summed E-state index contributed by atoms with van der Waals surface area (Å²) in [5.41, 5.74) is 0.152. The molecule has 2 fully saturated rings. The van der Waals surface area contributed by atoms with Crippen LogP contribution in [-0.2, 0) is 9.47 Å². The Morgan fingerprint density at radius 1 is 1.47 bits per heavy atom. The Kier molecular flexibility index (Phi) is 3.97. The number of rotatable bonds is 3. The van der Waals surface area contributed by atoms with Crippen LogP contribution in [0.1, 0.15) is 19.8 Å². The summed E-state index contributed by atoms with van der Waals surface area (Å²) in [6.07, 6.45) is 2.68. The summed E-state index contributed by atoms with van der Waals surface area (Å²) < 4.78 is 11.2. The van der Waals surface area contributed by atoms with Crippen molar-refractivity contribution in [2.24, 2.45) is 0 Å². The average molecular weight is 214 g/mol. The standard InChI is InChI=1S/C11H22N2O2/c1-11(3-2-5-14-9-11)13-8-10-7-12-4-6-15-10/h10,12-13H,2-9H2,1H3. The molecule has 2 saturated heterocycles. The van der Waals surface area contributed by atoms with Crippen molar-refractivity contribution in [2.75, 3.05) is 39.5 Å². The van der Waals surface area contributed by atoms with Gasteiger partial charge in [0.2, 0.25) is 0 Å². The summed E-state index contributed by atoms with van der Waals surface area (Å²) in [6, 6.07) is 0. The van der Waals surface area contributed by atoms with Gasteiger partial charge in [-0.1, -0.05) is 0 Å². The van der Waals surface area contributed by atoms with Crippen molar-refractivity contribution in [1.82, 2.24) is 10.6 Å². The van der Waals surface area contributed by atoms with Crippen LogP contribution >= 0.6 is 0 Å². The predicted molar refractivity (Wildman–Crippen MR) is 59.1 cm³/mol. The minimum Gasteiger partial charge on any atom is -0.380 e. The molecule has 2 atom stereocenters. The molecule has 2 aliphatic rings. The first-order valence-electron chi connectivity index (χ1n) is 5.94. The molecule has 2 N–H and O–H groups in total. The minimum absolute atomic E-state index is 0.152. The fourth-order valence-electron chi connectivity index (χ4n) is 2.18. The fourth-order valence-corrected chi connectivity index (χ4v) is 2.18. The van der Waals surface area contributed by atoms with E-state index in [0.717, 1.165) is 45.9 Å². The number of ether oxygens (including phenoxy) is 2. The molecular formula is C11H22N2O2. The van der Waals surface area contributed by atoms with Crippen LogP contribution in [-0.4, -0.2) is 51.1 Å². The molecule has 4 nitrogen and oxygen atoms in total. The van der Waals surface area contributed by atoms with Crippen molar-refractivity contribution in [3.63, 3.8) is 0 Å². The van der Waals surface area contributed by atoms with Gasteiger partial charge in [0.15, 0.2) is 0 Å². The largest absolute Gasteiger partial charge is 0.380 e. The van der Waals surface area contributed by atoms with Crippen LogP contribution in [0, 0.1) is 0 Å². The van der Waals surface area contributed by atoms with E-state index in [1.165, 1.54) is 6.42 Å². The van der Waals surface area contributed by atoms with Crippen LogP contribution in [0.15, 0.2) is 0 Å². The maximum Gasteiger partial charge on any atom is 0.0824 e. The smallest absolute Gasteiger partial charge is 0.0824 e. The van der Waals surface area contributed by atoms with Crippen molar-refractivity contribution in [2.45, 2.75) is 31.4 Å². The zero-order valence-corrected chi connectivity index (χ0v) is 9.55. The number of hydrogen-bond donors (Lipinski definition) is 2. The van der Waals surface area contributed by atoms with Gasteiger partial charge < -0.3 is 20.1 Å². The lowest BCUT2D eigenvalue weighted by molar-refractivity contribution is -0.0000115. The molecule has 0 aromatic heterocycles. The van der Waals surface area contributed by atoms with Crippen molar-refractivity contribution in [3.8, 4) is 0 Å². The first-order chi connectivity index (χ1) is 7.29. The highest BCUT2D eigenvalue weighted by Gasteiger charge is 2.28. The summed E-state index contributed by atoms with van der Waals surface area (Å²) >= 11 is 0. The van der Waals surface area contributed by atoms with Gasteiger partial charge in [-0.15, -0.1) is 0 Å². The molecule has 0 aromatic rings. The summed E-state index contributed by atoms with van der Waals surface area (Å²) in [5, 5.41) is 6.92. The Morgan fingerprint density at radius 2 is 2.40 bits per heavy atom. The van der Waals surface area contributed by atoms with Gasteiger partial charge in [-0.2, -0.15) is 0 Å². The summed E-state index contributed by atoms with van der Waals surface area (Å²) in [5.74, 6) is 0.